The molecule has 3 atom stereocenters. The van der Waals surface area contributed by atoms with Crippen LogP contribution in [0.4, 0.5) is 0 Å². The summed E-state index contributed by atoms with van der Waals surface area (Å²) in [6, 6.07) is 11.9. The highest BCUT2D eigenvalue weighted by atomic mass is 14.9. The number of nitrogens with two attached hydrogens (primary N) is 2. The Hall–Kier alpha value is -2.24. The predicted molar refractivity (Wildman–Crippen MR) is 95.7 cm³/mol. The third-order valence-electron chi connectivity index (χ3n) is 5.07. The topological polar surface area (TPSA) is 93.6 Å². The largest absolute Gasteiger partial charge is 0.342 e. The van der Waals surface area contributed by atoms with E-state index in [1.165, 1.54) is 5.56 Å². The molecule has 0 spiro atoms. The van der Waals surface area contributed by atoms with Crippen LogP contribution in [-0.4, -0.2) is 27.0 Å². The summed E-state index contributed by atoms with van der Waals surface area (Å²) in [6.45, 7) is 0. The lowest BCUT2D eigenvalue weighted by atomic mass is 9.79. The number of pyridine rings is 1. The SMILES string of the molecule is NC(Cc1nc2ccccc2[nH]1)C(N)C1CCCc2cccnc21. The van der Waals surface area contributed by atoms with E-state index >= 15 is 0 Å². The average molecular weight is 321 g/mol. The van der Waals surface area contributed by atoms with E-state index in [0.717, 1.165) is 41.8 Å². The number of fused-ring (bicyclic) bond motifs is 2. The van der Waals surface area contributed by atoms with E-state index in [9.17, 15) is 0 Å². The first-order valence-corrected chi connectivity index (χ1v) is 8.61. The molecule has 3 aromatic rings. The van der Waals surface area contributed by atoms with Gasteiger partial charge in [0.25, 0.3) is 0 Å². The quantitative estimate of drug-likeness (QED) is 0.687. The second-order valence-corrected chi connectivity index (χ2v) is 6.69. The van der Waals surface area contributed by atoms with Gasteiger partial charge in [0, 0.05) is 36.3 Å². The molecule has 0 radical (unpaired) electrons. The average Bonchev–Trinajstić information content (AvgIpc) is 3.02. The zero-order chi connectivity index (χ0) is 16.5. The first-order chi connectivity index (χ1) is 11.7. The van der Waals surface area contributed by atoms with Crippen LogP contribution in [0, 0.1) is 0 Å². The molecule has 2 heterocycles. The summed E-state index contributed by atoms with van der Waals surface area (Å²) in [5.74, 6) is 1.13. The van der Waals surface area contributed by atoms with Crippen LogP contribution in [0.25, 0.3) is 11.0 Å². The van der Waals surface area contributed by atoms with Gasteiger partial charge in [-0.05, 0) is 43.0 Å². The van der Waals surface area contributed by atoms with Gasteiger partial charge in [0.1, 0.15) is 5.82 Å². The Labute approximate surface area is 141 Å². The van der Waals surface area contributed by atoms with Gasteiger partial charge in [-0.1, -0.05) is 18.2 Å². The molecule has 3 unspecified atom stereocenters. The number of H-pyrrole nitrogens is 1. The number of hydrogen-bond acceptors (Lipinski definition) is 4. The Morgan fingerprint density at radius 3 is 2.92 bits per heavy atom. The summed E-state index contributed by atoms with van der Waals surface area (Å²) in [5.41, 5.74) is 17.5. The van der Waals surface area contributed by atoms with Crippen LogP contribution in [0.5, 0.6) is 0 Å². The van der Waals surface area contributed by atoms with Crippen molar-refractivity contribution in [2.75, 3.05) is 0 Å². The third-order valence-corrected chi connectivity index (χ3v) is 5.07. The Balaban J connectivity index is 1.53. The molecule has 0 fully saturated rings. The van der Waals surface area contributed by atoms with Crippen molar-refractivity contribution in [3.05, 3.63) is 59.7 Å². The number of benzene rings is 1. The maximum Gasteiger partial charge on any atom is 0.108 e. The number of aromatic amines is 1. The Kier molecular flexibility index (Phi) is 4.04. The molecule has 124 valence electrons. The molecule has 0 saturated heterocycles. The fourth-order valence-electron chi connectivity index (χ4n) is 3.78. The minimum atomic E-state index is -0.150. The number of nitrogens with zero attached hydrogens (tertiary/aromatic N) is 2. The molecule has 0 saturated carbocycles. The highest BCUT2D eigenvalue weighted by Crippen LogP contribution is 2.32. The van der Waals surface area contributed by atoms with Crippen LogP contribution in [-0.2, 0) is 12.8 Å². The van der Waals surface area contributed by atoms with Crippen molar-refractivity contribution in [3.63, 3.8) is 0 Å². The van der Waals surface area contributed by atoms with Crippen molar-refractivity contribution in [3.8, 4) is 0 Å². The van der Waals surface area contributed by atoms with Crippen molar-refractivity contribution in [1.82, 2.24) is 15.0 Å². The van der Waals surface area contributed by atoms with E-state index in [0.29, 0.717) is 6.42 Å². The minimum absolute atomic E-state index is 0.118. The Morgan fingerprint density at radius 1 is 1.17 bits per heavy atom. The first-order valence-electron chi connectivity index (χ1n) is 8.61. The van der Waals surface area contributed by atoms with Crippen molar-refractivity contribution < 1.29 is 0 Å². The molecule has 2 aromatic heterocycles. The van der Waals surface area contributed by atoms with E-state index < -0.39 is 0 Å². The van der Waals surface area contributed by atoms with Crippen LogP contribution < -0.4 is 11.5 Å². The summed E-state index contributed by atoms with van der Waals surface area (Å²) in [4.78, 5) is 12.5. The van der Waals surface area contributed by atoms with Crippen molar-refractivity contribution in [1.29, 1.82) is 0 Å². The molecule has 1 aliphatic rings. The fraction of sp³-hybridized carbons (Fsp3) is 0.368. The summed E-state index contributed by atoms with van der Waals surface area (Å²) < 4.78 is 0. The number of aryl methyl sites for hydroxylation is 1. The van der Waals surface area contributed by atoms with E-state index in [1.54, 1.807) is 0 Å². The summed E-state index contributed by atoms with van der Waals surface area (Å²) in [6.07, 6.45) is 5.79. The zero-order valence-corrected chi connectivity index (χ0v) is 13.7. The van der Waals surface area contributed by atoms with Gasteiger partial charge in [-0.25, -0.2) is 4.98 Å². The van der Waals surface area contributed by atoms with Crippen LogP contribution in [0.1, 0.15) is 35.8 Å². The fourth-order valence-corrected chi connectivity index (χ4v) is 3.78. The second kappa shape index (κ2) is 6.34. The third kappa shape index (κ3) is 2.81. The van der Waals surface area contributed by atoms with Gasteiger partial charge in [-0.15, -0.1) is 0 Å². The minimum Gasteiger partial charge on any atom is -0.342 e. The molecule has 0 bridgehead atoms. The highest BCUT2D eigenvalue weighted by molar-refractivity contribution is 5.74. The normalized spacial score (nSPS) is 19.8. The monoisotopic (exact) mass is 321 g/mol. The smallest absolute Gasteiger partial charge is 0.108 e. The second-order valence-electron chi connectivity index (χ2n) is 6.69. The number of para-hydroxylation sites is 2. The van der Waals surface area contributed by atoms with Crippen molar-refractivity contribution >= 4 is 11.0 Å². The number of imidazole rings is 1. The lowest BCUT2D eigenvalue weighted by Gasteiger charge is -2.32. The standard InChI is InChI=1S/C19H23N5/c20-14(11-17-23-15-8-1-2-9-16(15)24-17)18(21)13-7-3-5-12-6-4-10-22-19(12)13/h1-2,4,6,8-10,13-14,18H,3,5,7,11,20-21H2,(H,23,24). The number of hydrogen-bond donors (Lipinski definition) is 3. The van der Waals surface area contributed by atoms with Crippen LogP contribution in [0.15, 0.2) is 42.6 Å². The molecule has 0 aliphatic heterocycles. The van der Waals surface area contributed by atoms with Crippen LogP contribution >= 0.6 is 0 Å². The summed E-state index contributed by atoms with van der Waals surface area (Å²) in [5, 5.41) is 0. The van der Waals surface area contributed by atoms with E-state index in [1.807, 2.05) is 36.5 Å². The molecule has 24 heavy (non-hydrogen) atoms. The van der Waals surface area contributed by atoms with E-state index in [4.69, 9.17) is 11.5 Å². The molecule has 5 nitrogen and oxygen atoms in total. The maximum absolute atomic E-state index is 6.54. The van der Waals surface area contributed by atoms with E-state index in [2.05, 4.69) is 21.0 Å². The first kappa shape index (κ1) is 15.3. The maximum atomic E-state index is 6.54. The molecule has 5 N–H and O–H groups in total. The summed E-state index contributed by atoms with van der Waals surface area (Å²) in [7, 11) is 0. The van der Waals surface area contributed by atoms with Crippen molar-refractivity contribution in [2.45, 2.75) is 43.7 Å². The van der Waals surface area contributed by atoms with E-state index in [-0.39, 0.29) is 18.0 Å². The van der Waals surface area contributed by atoms with Gasteiger partial charge in [-0.3, -0.25) is 4.98 Å². The highest BCUT2D eigenvalue weighted by Gasteiger charge is 2.30. The molecule has 1 aromatic carbocycles. The molecule has 5 heteroatoms. The van der Waals surface area contributed by atoms with Crippen LogP contribution in [0.2, 0.25) is 0 Å². The lowest BCUT2D eigenvalue weighted by molar-refractivity contribution is 0.392. The Morgan fingerprint density at radius 2 is 2.04 bits per heavy atom. The van der Waals surface area contributed by atoms with Gasteiger partial charge < -0.3 is 16.5 Å². The Bertz CT molecular complexity index is 807. The molecular weight excluding hydrogens is 298 g/mol. The van der Waals surface area contributed by atoms with Gasteiger partial charge in [-0.2, -0.15) is 0 Å². The lowest BCUT2D eigenvalue weighted by Crippen LogP contribution is -2.48. The molecule has 1 aliphatic carbocycles. The zero-order valence-electron chi connectivity index (χ0n) is 13.7. The number of rotatable bonds is 4. The predicted octanol–water partition coefficient (Wildman–Crippen LogP) is 2.28. The molecular formula is C19H23N5. The number of nitrogens with one attached hydrogen (secondary N) is 1. The molecule has 0 amide bonds. The van der Waals surface area contributed by atoms with Crippen LogP contribution in [0.3, 0.4) is 0 Å². The van der Waals surface area contributed by atoms with Crippen molar-refractivity contribution in [2.24, 2.45) is 11.5 Å². The van der Waals surface area contributed by atoms with Gasteiger partial charge >= 0.3 is 0 Å². The van der Waals surface area contributed by atoms with Gasteiger partial charge in [0.15, 0.2) is 0 Å². The number of aromatic nitrogens is 3. The molecule has 4 rings (SSSR count). The summed E-state index contributed by atoms with van der Waals surface area (Å²) >= 11 is 0. The van der Waals surface area contributed by atoms with Gasteiger partial charge in [0.05, 0.1) is 11.0 Å². The van der Waals surface area contributed by atoms with Gasteiger partial charge in [0.2, 0.25) is 0 Å².